The zero-order chi connectivity index (χ0) is 32.4. The van der Waals surface area contributed by atoms with E-state index in [0.717, 1.165) is 0 Å². The van der Waals surface area contributed by atoms with E-state index in [4.69, 9.17) is 23.4 Å². The van der Waals surface area contributed by atoms with Gasteiger partial charge in [-0.05, 0) is 52.5 Å². The van der Waals surface area contributed by atoms with E-state index >= 15 is 0 Å². The summed E-state index contributed by atoms with van der Waals surface area (Å²) in [6.07, 6.45) is -6.90. The highest BCUT2D eigenvalue weighted by Gasteiger charge is 2.88. The molecule has 1 aromatic heterocycles. The maximum Gasteiger partial charge on any atom is 0.335 e. The van der Waals surface area contributed by atoms with Crippen molar-refractivity contribution in [3.63, 3.8) is 0 Å². The summed E-state index contributed by atoms with van der Waals surface area (Å²) in [7, 11) is 0. The highest BCUT2D eigenvalue weighted by molar-refractivity contribution is 5.92. The Morgan fingerprint density at radius 1 is 1.07 bits per heavy atom. The molecule has 6 N–H and O–H groups in total. The highest BCUT2D eigenvalue weighted by atomic mass is 16.7. The molecule has 0 aromatic carbocycles. The van der Waals surface area contributed by atoms with Gasteiger partial charge in [0, 0.05) is 28.7 Å². The molecule has 14 atom stereocenters. The van der Waals surface area contributed by atoms with E-state index in [1.54, 1.807) is 26.8 Å². The predicted octanol–water partition coefficient (Wildman–Crippen LogP) is 0.895. The van der Waals surface area contributed by atoms with Crippen LogP contribution in [-0.4, -0.2) is 103 Å². The zero-order valence-corrected chi connectivity index (χ0v) is 25.8. The van der Waals surface area contributed by atoms with E-state index < -0.39 is 94.6 Å². The number of carboxylic acids is 1. The number of carbonyl (C=O) groups excluding carboxylic acids is 1. The molecule has 0 amide bonds. The second-order valence-electron chi connectivity index (χ2n) is 14.7. The van der Waals surface area contributed by atoms with Gasteiger partial charge in [-0.1, -0.05) is 13.8 Å². The fourth-order valence-electron chi connectivity index (χ4n) is 10.1. The smallest absolute Gasteiger partial charge is 0.335 e. The Hall–Kier alpha value is -1.94. The molecule has 0 radical (unpaired) electrons. The maximum absolute atomic E-state index is 14.5. The van der Waals surface area contributed by atoms with Gasteiger partial charge < -0.3 is 54.0 Å². The number of furan rings is 1. The van der Waals surface area contributed by atoms with E-state index in [9.17, 15) is 40.2 Å². The highest BCUT2D eigenvalue weighted by Crippen LogP contribution is 2.79. The molecule has 0 bridgehead atoms. The minimum Gasteiger partial charge on any atom is -0.479 e. The van der Waals surface area contributed by atoms with Crippen LogP contribution in [0.3, 0.4) is 0 Å². The molecule has 5 fully saturated rings. The molecule has 2 saturated carbocycles. The van der Waals surface area contributed by atoms with Crippen LogP contribution >= 0.6 is 0 Å². The summed E-state index contributed by atoms with van der Waals surface area (Å²) in [4.78, 5) is 27.3. The van der Waals surface area contributed by atoms with E-state index in [0.29, 0.717) is 12.0 Å². The minimum atomic E-state index is -1.73. The molecule has 5 aliphatic rings. The minimum absolute atomic E-state index is 0.0319. The Balaban J connectivity index is 1.49. The van der Waals surface area contributed by atoms with Crippen LogP contribution < -0.4 is 0 Å². The lowest BCUT2D eigenvalue weighted by molar-refractivity contribution is -0.329. The molecule has 1 spiro atoms. The zero-order valence-electron chi connectivity index (χ0n) is 25.8. The van der Waals surface area contributed by atoms with Gasteiger partial charge in [0.2, 0.25) is 0 Å². The lowest BCUT2D eigenvalue weighted by Crippen LogP contribution is -2.71. The predicted molar refractivity (Wildman–Crippen MR) is 147 cm³/mol. The summed E-state index contributed by atoms with van der Waals surface area (Å²) < 4.78 is 30.0. The van der Waals surface area contributed by atoms with Gasteiger partial charge in [-0.3, -0.25) is 4.79 Å². The topological polar surface area (TPSA) is 209 Å². The second-order valence-corrected chi connectivity index (χ2v) is 14.7. The quantitative estimate of drug-likeness (QED) is 0.243. The number of aliphatic carboxylic acids is 1. The number of ketones is 1. The Morgan fingerprint density at radius 3 is 2.32 bits per heavy atom. The number of ether oxygens (including phenoxy) is 4. The molecular weight excluding hydrogens is 580 g/mol. The van der Waals surface area contributed by atoms with Crippen molar-refractivity contribution in [2.45, 2.75) is 121 Å². The first-order chi connectivity index (χ1) is 20.3. The normalized spacial score (nSPS) is 51.9. The van der Waals surface area contributed by atoms with E-state index in [-0.39, 0.29) is 24.5 Å². The number of fused-ring (bicyclic) bond motifs is 4. The van der Waals surface area contributed by atoms with Gasteiger partial charge in [0.05, 0.1) is 36.3 Å². The molecule has 6 rings (SSSR count). The van der Waals surface area contributed by atoms with Crippen LogP contribution in [0.5, 0.6) is 0 Å². The number of aliphatic hydroxyl groups is 5. The molecule has 3 saturated heterocycles. The number of Topliss-reactive ketones (excluding diaryl/α,β-unsaturated/α-hetero) is 1. The molecule has 1 aromatic rings. The number of carboxylic acid groups (broad SMARTS) is 1. The third-order valence-electron chi connectivity index (χ3n) is 12.4. The van der Waals surface area contributed by atoms with Gasteiger partial charge in [-0.2, -0.15) is 0 Å². The van der Waals surface area contributed by atoms with Gasteiger partial charge in [-0.25, -0.2) is 4.79 Å². The number of epoxide rings is 1. The first kappa shape index (κ1) is 32.0. The average molecular weight is 625 g/mol. The first-order valence-corrected chi connectivity index (χ1v) is 15.2. The summed E-state index contributed by atoms with van der Waals surface area (Å²) in [6.45, 7) is 10.1. The number of hydrogen-bond donors (Lipinski definition) is 6. The van der Waals surface area contributed by atoms with Crippen molar-refractivity contribution in [3.05, 3.63) is 24.2 Å². The molecule has 4 heterocycles. The van der Waals surface area contributed by atoms with Crippen LogP contribution in [-0.2, 0) is 28.5 Å². The van der Waals surface area contributed by atoms with Crippen molar-refractivity contribution >= 4 is 11.8 Å². The lowest BCUT2D eigenvalue weighted by atomic mass is 9.37. The Morgan fingerprint density at radius 2 is 1.75 bits per heavy atom. The fraction of sp³-hybridized carbons (Fsp3) is 0.806. The van der Waals surface area contributed by atoms with Crippen LogP contribution in [0.2, 0.25) is 0 Å². The third kappa shape index (κ3) is 3.79. The van der Waals surface area contributed by atoms with Gasteiger partial charge >= 0.3 is 5.97 Å². The maximum atomic E-state index is 14.5. The van der Waals surface area contributed by atoms with Crippen LogP contribution in [0.25, 0.3) is 0 Å². The van der Waals surface area contributed by atoms with Gasteiger partial charge in [0.15, 0.2) is 18.2 Å². The molecule has 3 aliphatic heterocycles. The molecular formula is C31H44O13. The van der Waals surface area contributed by atoms with E-state index in [1.807, 2.05) is 20.8 Å². The first-order valence-electron chi connectivity index (χ1n) is 15.2. The van der Waals surface area contributed by atoms with Crippen molar-refractivity contribution < 1.29 is 63.6 Å². The van der Waals surface area contributed by atoms with Crippen LogP contribution in [0.15, 0.2) is 23.0 Å². The Labute approximate surface area is 255 Å². The van der Waals surface area contributed by atoms with Gasteiger partial charge in [0.1, 0.15) is 35.8 Å². The van der Waals surface area contributed by atoms with Crippen molar-refractivity contribution in [2.24, 2.45) is 28.1 Å². The van der Waals surface area contributed by atoms with Gasteiger partial charge in [-0.15, -0.1) is 0 Å². The largest absolute Gasteiger partial charge is 0.479 e. The molecule has 13 heteroatoms. The molecule has 246 valence electrons. The molecule has 44 heavy (non-hydrogen) atoms. The number of rotatable bonds is 6. The lowest BCUT2D eigenvalue weighted by Gasteiger charge is -2.64. The standard InChI is InChI=1S/C31H44O13/c1-26(2)17-11-18(33)29(5)16(28(17,4)30(6,39)44-26)7-9-27(3,31(29)23(43-31)24(37)38)22(14-8-10-40-13-14)42-25-21(36)20(35)19(34)15(12-32)41-25/h8,10,13,15-17,19-23,25,32,34-36,39H,7,9,11-12H2,1-6H3,(H,37,38)/t15-,16-,17+,19-,20+,21-,22+,23-,25+,27+,28-,29+,30-,31-/m1/s1. The Bertz CT molecular complexity index is 1310. The monoisotopic (exact) mass is 624 g/mol. The summed E-state index contributed by atoms with van der Waals surface area (Å²) in [5.41, 5.74) is -5.68. The van der Waals surface area contributed by atoms with Crippen molar-refractivity contribution in [1.82, 2.24) is 0 Å². The van der Waals surface area contributed by atoms with Crippen molar-refractivity contribution in [1.29, 1.82) is 0 Å². The van der Waals surface area contributed by atoms with Gasteiger partial charge in [0.25, 0.3) is 0 Å². The number of aliphatic hydroxyl groups excluding tert-OH is 4. The summed E-state index contributed by atoms with van der Waals surface area (Å²) in [5, 5.41) is 63.6. The van der Waals surface area contributed by atoms with Crippen LogP contribution in [0.1, 0.15) is 72.5 Å². The molecule has 0 unspecified atom stereocenters. The third-order valence-corrected chi connectivity index (χ3v) is 12.4. The fourth-order valence-corrected chi connectivity index (χ4v) is 10.1. The van der Waals surface area contributed by atoms with Crippen molar-refractivity contribution in [3.8, 4) is 0 Å². The molecule has 2 aliphatic carbocycles. The summed E-state index contributed by atoms with van der Waals surface area (Å²) >= 11 is 0. The number of hydrogen-bond acceptors (Lipinski definition) is 12. The summed E-state index contributed by atoms with van der Waals surface area (Å²) in [5.74, 6) is -3.99. The van der Waals surface area contributed by atoms with Crippen LogP contribution in [0.4, 0.5) is 0 Å². The van der Waals surface area contributed by atoms with Crippen LogP contribution in [0, 0.1) is 28.1 Å². The summed E-state index contributed by atoms with van der Waals surface area (Å²) in [6, 6.07) is 1.61. The SMILES string of the molecule is CC1(C)O[C@@](C)(O)[C@]2(C)[C@H]3CC[C@@](C)([C@@H](O[C@@H]4O[C@H](CO)[C@@H](O)[C@H](O)[C@H]4O)c4ccoc4)[C@@]4(O[C@@H]4C(=O)O)[C@]3(C)C(=O)C[C@@H]12. The second kappa shape index (κ2) is 9.79. The number of carbonyl (C=O) groups is 2. The van der Waals surface area contributed by atoms with Crippen molar-refractivity contribution in [2.75, 3.05) is 6.61 Å². The van der Waals surface area contributed by atoms with E-state index in [1.165, 1.54) is 12.5 Å². The Kier molecular flexibility index (Phi) is 7.12. The molecule has 13 nitrogen and oxygen atoms in total. The van der Waals surface area contributed by atoms with E-state index in [2.05, 4.69) is 0 Å². The average Bonchev–Trinajstić information content (AvgIpc) is 3.46.